The fourth-order valence-electron chi connectivity index (χ4n) is 4.44. The van der Waals surface area contributed by atoms with E-state index in [0.717, 1.165) is 13.0 Å². The molecule has 1 aliphatic rings. The van der Waals surface area contributed by atoms with Crippen molar-refractivity contribution in [2.24, 2.45) is 5.92 Å². The van der Waals surface area contributed by atoms with Crippen molar-refractivity contribution in [3.8, 4) is 0 Å². The lowest BCUT2D eigenvalue weighted by molar-refractivity contribution is -0.171. The standard InChI is InChI=1S/C28H43ClN2O5/c1-26(2,3)35-24(32)22-20(30-15-10-16-31(8)9)17-28(7,34)23(25(33)36-27(4,5)6)21(22)18-11-13-19(29)14-12-18/h11-14,21,23,30,34H,10,15-17H2,1-9H3. The summed E-state index contributed by atoms with van der Waals surface area (Å²) in [6.07, 6.45) is 0.916. The highest BCUT2D eigenvalue weighted by Crippen LogP contribution is 2.48. The first-order chi connectivity index (χ1) is 16.4. The Bertz CT molecular complexity index is 956. The molecule has 0 saturated heterocycles. The van der Waals surface area contributed by atoms with Crippen LogP contribution in [-0.2, 0) is 19.1 Å². The highest BCUT2D eigenvalue weighted by Gasteiger charge is 2.53. The summed E-state index contributed by atoms with van der Waals surface area (Å²) in [5.74, 6) is -2.93. The van der Waals surface area contributed by atoms with Crippen molar-refractivity contribution in [3.63, 3.8) is 0 Å². The smallest absolute Gasteiger partial charge is 0.336 e. The maximum Gasteiger partial charge on any atom is 0.336 e. The molecule has 202 valence electrons. The first kappa shape index (κ1) is 30.1. The minimum absolute atomic E-state index is 0.0809. The van der Waals surface area contributed by atoms with Crippen LogP contribution < -0.4 is 5.32 Å². The Labute approximate surface area is 221 Å². The van der Waals surface area contributed by atoms with Crippen molar-refractivity contribution >= 4 is 23.5 Å². The maximum atomic E-state index is 13.7. The van der Waals surface area contributed by atoms with Crippen molar-refractivity contribution in [2.45, 2.75) is 84.0 Å². The monoisotopic (exact) mass is 522 g/mol. The molecule has 36 heavy (non-hydrogen) atoms. The zero-order valence-electron chi connectivity index (χ0n) is 23.2. The average molecular weight is 523 g/mol. The van der Waals surface area contributed by atoms with Gasteiger partial charge in [0.25, 0.3) is 0 Å². The van der Waals surface area contributed by atoms with Gasteiger partial charge in [-0.05, 0) is 93.2 Å². The number of nitrogens with one attached hydrogen (secondary N) is 1. The molecular weight excluding hydrogens is 480 g/mol. The van der Waals surface area contributed by atoms with E-state index in [1.807, 2.05) is 14.1 Å². The molecule has 2 N–H and O–H groups in total. The number of aliphatic hydroxyl groups is 1. The van der Waals surface area contributed by atoms with E-state index >= 15 is 0 Å². The minimum Gasteiger partial charge on any atom is -0.460 e. The van der Waals surface area contributed by atoms with E-state index in [2.05, 4.69) is 10.2 Å². The number of halogens is 1. The Hall–Kier alpha value is -2.09. The van der Waals surface area contributed by atoms with E-state index in [1.165, 1.54) is 0 Å². The maximum absolute atomic E-state index is 13.7. The van der Waals surface area contributed by atoms with Crippen LogP contribution >= 0.6 is 11.6 Å². The lowest BCUT2D eigenvalue weighted by Crippen LogP contribution is -2.52. The van der Waals surface area contributed by atoms with E-state index in [0.29, 0.717) is 28.4 Å². The zero-order chi connectivity index (χ0) is 27.5. The van der Waals surface area contributed by atoms with Crippen molar-refractivity contribution in [1.82, 2.24) is 10.2 Å². The van der Waals surface area contributed by atoms with Crippen LogP contribution in [0.25, 0.3) is 0 Å². The molecule has 1 aromatic rings. The van der Waals surface area contributed by atoms with Crippen molar-refractivity contribution < 1.29 is 24.2 Å². The summed E-state index contributed by atoms with van der Waals surface area (Å²) < 4.78 is 11.6. The molecule has 0 bridgehead atoms. The fraction of sp³-hybridized carbons (Fsp3) is 0.643. The van der Waals surface area contributed by atoms with Gasteiger partial charge >= 0.3 is 11.9 Å². The molecule has 0 radical (unpaired) electrons. The zero-order valence-corrected chi connectivity index (χ0v) is 24.0. The minimum atomic E-state index is -1.48. The molecule has 0 fully saturated rings. The second-order valence-corrected chi connectivity index (χ2v) is 12.5. The Morgan fingerprint density at radius 1 is 1.08 bits per heavy atom. The van der Waals surface area contributed by atoms with Crippen LogP contribution in [-0.4, -0.2) is 65.9 Å². The van der Waals surface area contributed by atoms with Crippen LogP contribution in [0.2, 0.25) is 5.02 Å². The molecule has 1 aliphatic carbocycles. The number of carbonyl (C=O) groups is 2. The summed E-state index contributed by atoms with van der Waals surface area (Å²) in [7, 11) is 4.00. The van der Waals surface area contributed by atoms with Gasteiger partial charge in [0, 0.05) is 29.6 Å². The van der Waals surface area contributed by atoms with E-state index in [1.54, 1.807) is 72.7 Å². The molecule has 3 atom stereocenters. The Morgan fingerprint density at radius 2 is 1.64 bits per heavy atom. The van der Waals surface area contributed by atoms with Gasteiger partial charge in [-0.2, -0.15) is 0 Å². The molecule has 0 spiro atoms. The quantitative estimate of drug-likeness (QED) is 0.379. The molecular formula is C28H43ClN2O5. The van der Waals surface area contributed by atoms with Crippen LogP contribution in [0.1, 0.15) is 72.8 Å². The predicted octanol–water partition coefficient (Wildman–Crippen LogP) is 4.67. The van der Waals surface area contributed by atoms with Gasteiger partial charge in [-0.15, -0.1) is 0 Å². The highest BCUT2D eigenvalue weighted by atomic mass is 35.5. The number of esters is 2. The van der Waals surface area contributed by atoms with Gasteiger partial charge in [0.05, 0.1) is 17.1 Å². The Kier molecular flexibility index (Phi) is 9.65. The molecule has 0 aromatic heterocycles. The summed E-state index contributed by atoms with van der Waals surface area (Å²) in [5, 5.41) is 15.6. The van der Waals surface area contributed by atoms with Gasteiger partial charge in [0.2, 0.25) is 0 Å². The molecule has 0 saturated carbocycles. The summed E-state index contributed by atoms with van der Waals surface area (Å²) >= 11 is 6.16. The highest BCUT2D eigenvalue weighted by molar-refractivity contribution is 6.30. The lowest BCUT2D eigenvalue weighted by atomic mass is 9.65. The van der Waals surface area contributed by atoms with Crippen LogP contribution in [0.15, 0.2) is 35.5 Å². The molecule has 0 amide bonds. The van der Waals surface area contributed by atoms with Crippen molar-refractivity contribution in [1.29, 1.82) is 0 Å². The third-order valence-electron chi connectivity index (χ3n) is 5.80. The number of ether oxygens (including phenoxy) is 2. The summed E-state index contributed by atoms with van der Waals surface area (Å²) in [6, 6.07) is 6.98. The van der Waals surface area contributed by atoms with E-state index in [4.69, 9.17) is 21.1 Å². The fourth-order valence-corrected chi connectivity index (χ4v) is 4.56. The normalized spacial score (nSPS) is 23.0. The van der Waals surface area contributed by atoms with Crippen LogP contribution in [0.3, 0.4) is 0 Å². The second kappa shape index (κ2) is 11.5. The summed E-state index contributed by atoms with van der Waals surface area (Å²) in [6.45, 7) is 13.8. The molecule has 0 heterocycles. The molecule has 0 aliphatic heterocycles. The number of nitrogens with zero attached hydrogens (tertiary/aromatic N) is 1. The number of carbonyl (C=O) groups excluding carboxylic acids is 2. The van der Waals surface area contributed by atoms with Gasteiger partial charge in [0.1, 0.15) is 11.2 Å². The van der Waals surface area contributed by atoms with Gasteiger partial charge in [-0.25, -0.2) is 4.79 Å². The second-order valence-electron chi connectivity index (χ2n) is 12.1. The molecule has 8 heteroatoms. The Balaban J connectivity index is 2.70. The largest absolute Gasteiger partial charge is 0.460 e. The predicted molar refractivity (Wildman–Crippen MR) is 143 cm³/mol. The van der Waals surface area contributed by atoms with E-state index < -0.39 is 40.6 Å². The number of rotatable bonds is 8. The Morgan fingerprint density at radius 3 is 2.14 bits per heavy atom. The molecule has 3 unspecified atom stereocenters. The summed E-state index contributed by atoms with van der Waals surface area (Å²) in [4.78, 5) is 29.3. The van der Waals surface area contributed by atoms with Crippen LogP contribution in [0.5, 0.6) is 0 Å². The first-order valence-corrected chi connectivity index (χ1v) is 12.8. The van der Waals surface area contributed by atoms with Gasteiger partial charge in [-0.3, -0.25) is 4.79 Å². The van der Waals surface area contributed by atoms with Crippen molar-refractivity contribution in [3.05, 3.63) is 46.1 Å². The number of hydrogen-bond donors (Lipinski definition) is 2. The summed E-state index contributed by atoms with van der Waals surface area (Å²) in [5.41, 5.74) is -1.41. The SMILES string of the molecule is CN(C)CCCNC1=C(C(=O)OC(C)(C)C)C(c2ccc(Cl)cc2)C(C(=O)OC(C)(C)C)C(C)(O)C1. The third kappa shape index (κ3) is 8.49. The van der Waals surface area contributed by atoms with Gasteiger partial charge in [-0.1, -0.05) is 23.7 Å². The molecule has 1 aromatic carbocycles. The van der Waals surface area contributed by atoms with E-state index in [9.17, 15) is 14.7 Å². The van der Waals surface area contributed by atoms with Gasteiger partial charge < -0.3 is 24.8 Å². The molecule has 7 nitrogen and oxygen atoms in total. The third-order valence-corrected chi connectivity index (χ3v) is 6.06. The van der Waals surface area contributed by atoms with E-state index in [-0.39, 0.29) is 6.42 Å². The molecule has 2 rings (SSSR count). The number of benzene rings is 1. The number of hydrogen-bond acceptors (Lipinski definition) is 7. The first-order valence-electron chi connectivity index (χ1n) is 12.5. The average Bonchev–Trinajstić information content (AvgIpc) is 2.67. The van der Waals surface area contributed by atoms with Crippen LogP contribution in [0, 0.1) is 5.92 Å². The van der Waals surface area contributed by atoms with Crippen molar-refractivity contribution in [2.75, 3.05) is 27.2 Å². The lowest BCUT2D eigenvalue weighted by Gasteiger charge is -2.44. The van der Waals surface area contributed by atoms with Crippen LogP contribution in [0.4, 0.5) is 0 Å². The topological polar surface area (TPSA) is 88.1 Å². The van der Waals surface area contributed by atoms with Gasteiger partial charge in [0.15, 0.2) is 0 Å².